The van der Waals surface area contributed by atoms with Gasteiger partial charge in [-0.1, -0.05) is 41.9 Å². The van der Waals surface area contributed by atoms with Crippen LogP contribution in [0.15, 0.2) is 76.5 Å². The maximum atomic E-state index is 13.7. The Balaban J connectivity index is 1.92. The normalized spacial score (nSPS) is 11.3. The molecule has 0 amide bonds. The monoisotopic (exact) mass is 526 g/mol. The van der Waals surface area contributed by atoms with E-state index in [0.717, 1.165) is 28.2 Å². The number of anilines is 3. The van der Waals surface area contributed by atoms with Crippen molar-refractivity contribution in [3.05, 3.63) is 93.3 Å². The van der Waals surface area contributed by atoms with Crippen LogP contribution in [0.1, 0.15) is 26.4 Å². The summed E-state index contributed by atoms with van der Waals surface area (Å²) in [4.78, 5) is 13.4. The minimum Gasteiger partial charge on any atom is -0.497 e. The lowest BCUT2D eigenvalue weighted by molar-refractivity contribution is 0.104. The average Bonchev–Trinajstić information content (AvgIpc) is 3.17. The van der Waals surface area contributed by atoms with Crippen molar-refractivity contribution in [3.63, 3.8) is 0 Å². The van der Waals surface area contributed by atoms with Gasteiger partial charge < -0.3 is 15.8 Å². The molecule has 0 spiro atoms. The van der Waals surface area contributed by atoms with Crippen molar-refractivity contribution >= 4 is 54.9 Å². The van der Waals surface area contributed by atoms with Gasteiger partial charge in [0.25, 0.3) is 0 Å². The first-order chi connectivity index (χ1) is 16.6. The number of methoxy groups -OCH3 is 1. The fraction of sp³-hybridized carbons (Fsp3) is 0.115. The second-order valence-electron chi connectivity index (χ2n) is 7.91. The standard InChI is InChI=1S/C26H23ClN2O4S2/c1-15-6-4-7-16(2)22(15)29-26-25(35(31,32)20-12-10-18(27)11-13-20)21(28)24(34-26)23(30)17-8-5-9-19(14-17)33-3/h4-14,29H,28H2,1-3H3. The van der Waals surface area contributed by atoms with Crippen LogP contribution in [0.25, 0.3) is 0 Å². The number of aryl methyl sites for hydroxylation is 2. The largest absolute Gasteiger partial charge is 0.497 e. The summed E-state index contributed by atoms with van der Waals surface area (Å²) < 4.78 is 32.7. The summed E-state index contributed by atoms with van der Waals surface area (Å²) >= 11 is 6.97. The Labute approximate surface area is 213 Å². The molecular weight excluding hydrogens is 504 g/mol. The summed E-state index contributed by atoms with van der Waals surface area (Å²) in [7, 11) is -2.58. The average molecular weight is 527 g/mol. The molecule has 180 valence electrons. The number of hydrogen-bond acceptors (Lipinski definition) is 7. The van der Waals surface area contributed by atoms with Gasteiger partial charge in [0, 0.05) is 16.3 Å². The van der Waals surface area contributed by atoms with E-state index in [2.05, 4.69) is 5.32 Å². The predicted molar refractivity (Wildman–Crippen MR) is 141 cm³/mol. The number of hydrogen-bond donors (Lipinski definition) is 2. The molecule has 0 unspecified atom stereocenters. The van der Waals surface area contributed by atoms with E-state index in [1.807, 2.05) is 32.0 Å². The third-order valence-electron chi connectivity index (χ3n) is 5.55. The van der Waals surface area contributed by atoms with Crippen LogP contribution < -0.4 is 15.8 Å². The van der Waals surface area contributed by atoms with Crippen molar-refractivity contribution in [2.75, 3.05) is 18.2 Å². The number of carbonyl (C=O) groups excluding carboxylic acids is 1. The molecule has 1 aromatic heterocycles. The van der Waals surface area contributed by atoms with Gasteiger partial charge in [-0.15, -0.1) is 11.3 Å². The number of carbonyl (C=O) groups is 1. The van der Waals surface area contributed by atoms with Gasteiger partial charge in [-0.25, -0.2) is 8.42 Å². The Morgan fingerprint density at radius 2 is 1.63 bits per heavy atom. The van der Waals surface area contributed by atoms with E-state index < -0.39 is 15.6 Å². The maximum absolute atomic E-state index is 13.7. The van der Waals surface area contributed by atoms with Crippen LogP contribution >= 0.6 is 22.9 Å². The highest BCUT2D eigenvalue weighted by Gasteiger charge is 2.32. The van der Waals surface area contributed by atoms with E-state index in [-0.39, 0.29) is 25.4 Å². The molecule has 0 radical (unpaired) electrons. The third-order valence-corrected chi connectivity index (χ3v) is 8.91. The lowest BCUT2D eigenvalue weighted by Crippen LogP contribution is -2.08. The Morgan fingerprint density at radius 1 is 1.00 bits per heavy atom. The molecule has 1 heterocycles. The van der Waals surface area contributed by atoms with Gasteiger partial charge in [0.15, 0.2) is 0 Å². The van der Waals surface area contributed by atoms with Gasteiger partial charge in [-0.2, -0.15) is 0 Å². The van der Waals surface area contributed by atoms with Crippen LogP contribution in [0.5, 0.6) is 5.75 Å². The first kappa shape index (κ1) is 24.8. The Hall–Kier alpha value is -3.33. The van der Waals surface area contributed by atoms with Gasteiger partial charge >= 0.3 is 0 Å². The minimum absolute atomic E-state index is 0.0244. The highest BCUT2D eigenvalue weighted by molar-refractivity contribution is 7.92. The summed E-state index contributed by atoms with van der Waals surface area (Å²) in [6, 6.07) is 18.2. The van der Waals surface area contributed by atoms with E-state index in [9.17, 15) is 13.2 Å². The van der Waals surface area contributed by atoms with Crippen LogP contribution in [0, 0.1) is 13.8 Å². The van der Waals surface area contributed by atoms with Gasteiger partial charge in [-0.3, -0.25) is 4.79 Å². The summed E-state index contributed by atoms with van der Waals surface area (Å²) in [5, 5.41) is 3.92. The van der Waals surface area contributed by atoms with Crippen LogP contribution in [0.3, 0.4) is 0 Å². The summed E-state index contributed by atoms with van der Waals surface area (Å²) in [6.45, 7) is 3.84. The SMILES string of the molecule is COc1cccc(C(=O)c2sc(Nc3c(C)cccc3C)c(S(=O)(=O)c3ccc(Cl)cc3)c2N)c1. The van der Waals surface area contributed by atoms with Crippen molar-refractivity contribution in [1.82, 2.24) is 0 Å². The molecule has 4 rings (SSSR count). The second-order valence-corrected chi connectivity index (χ2v) is 11.3. The number of nitrogens with two attached hydrogens (primary N) is 1. The molecule has 0 bridgehead atoms. The third kappa shape index (κ3) is 4.77. The van der Waals surface area contributed by atoms with Crippen molar-refractivity contribution in [2.24, 2.45) is 0 Å². The summed E-state index contributed by atoms with van der Waals surface area (Å²) in [6.07, 6.45) is 0. The zero-order valence-electron chi connectivity index (χ0n) is 19.3. The van der Waals surface area contributed by atoms with E-state index in [0.29, 0.717) is 16.3 Å². The zero-order chi connectivity index (χ0) is 25.3. The molecule has 0 aliphatic heterocycles. The van der Waals surface area contributed by atoms with Gasteiger partial charge in [-0.05, 0) is 61.4 Å². The quantitative estimate of drug-likeness (QED) is 0.270. The Morgan fingerprint density at radius 3 is 2.26 bits per heavy atom. The summed E-state index contributed by atoms with van der Waals surface area (Å²) in [5.74, 6) is 0.113. The lowest BCUT2D eigenvalue weighted by atomic mass is 10.1. The molecule has 6 nitrogen and oxygen atoms in total. The Kier molecular flexibility index (Phi) is 6.89. The number of benzene rings is 3. The van der Waals surface area contributed by atoms with Gasteiger partial charge in [0.2, 0.25) is 15.6 Å². The van der Waals surface area contributed by atoms with Crippen LogP contribution in [-0.2, 0) is 9.84 Å². The number of ketones is 1. The number of rotatable bonds is 7. The number of nitrogens with one attached hydrogen (secondary N) is 1. The smallest absolute Gasteiger partial charge is 0.211 e. The molecule has 0 fully saturated rings. The van der Waals surface area contributed by atoms with Crippen molar-refractivity contribution in [1.29, 1.82) is 0 Å². The number of ether oxygens (including phenoxy) is 1. The first-order valence-electron chi connectivity index (χ1n) is 10.6. The molecule has 0 aliphatic carbocycles. The predicted octanol–water partition coefficient (Wildman–Crippen LogP) is 6.42. The fourth-order valence-electron chi connectivity index (χ4n) is 3.70. The molecule has 0 aliphatic rings. The molecule has 4 aromatic rings. The minimum atomic E-state index is -4.08. The molecule has 35 heavy (non-hydrogen) atoms. The molecule has 3 aromatic carbocycles. The van der Waals surface area contributed by atoms with Crippen LogP contribution in [0.2, 0.25) is 5.02 Å². The van der Waals surface area contributed by atoms with Crippen molar-refractivity contribution in [2.45, 2.75) is 23.6 Å². The molecule has 0 atom stereocenters. The van der Waals surface area contributed by atoms with Crippen LogP contribution in [0.4, 0.5) is 16.4 Å². The van der Waals surface area contributed by atoms with Crippen molar-refractivity contribution in [3.8, 4) is 5.75 Å². The molecule has 3 N–H and O–H groups in total. The number of nitrogen functional groups attached to an aromatic ring is 1. The molecule has 0 saturated carbocycles. The van der Waals surface area contributed by atoms with E-state index in [1.54, 1.807) is 24.3 Å². The number of sulfone groups is 1. The first-order valence-corrected chi connectivity index (χ1v) is 13.3. The maximum Gasteiger partial charge on any atom is 0.211 e. The van der Waals surface area contributed by atoms with Gasteiger partial charge in [0.1, 0.15) is 20.5 Å². The number of para-hydroxylation sites is 1. The topological polar surface area (TPSA) is 98.5 Å². The molecule has 9 heteroatoms. The van der Waals surface area contributed by atoms with Crippen LogP contribution in [-0.4, -0.2) is 21.3 Å². The highest BCUT2D eigenvalue weighted by Crippen LogP contribution is 2.45. The summed E-state index contributed by atoms with van der Waals surface area (Å²) in [5.41, 5.74) is 9.24. The Bertz CT molecular complexity index is 1510. The molecule has 0 saturated heterocycles. The van der Waals surface area contributed by atoms with E-state index in [1.165, 1.54) is 31.4 Å². The lowest BCUT2D eigenvalue weighted by Gasteiger charge is -2.13. The van der Waals surface area contributed by atoms with E-state index >= 15 is 0 Å². The molecular formula is C26H23ClN2O4S2. The van der Waals surface area contributed by atoms with Crippen molar-refractivity contribution < 1.29 is 17.9 Å². The number of halogens is 1. The fourth-order valence-corrected chi connectivity index (χ4v) is 6.74. The highest BCUT2D eigenvalue weighted by atomic mass is 35.5. The zero-order valence-corrected chi connectivity index (χ0v) is 21.6. The van der Waals surface area contributed by atoms with E-state index in [4.69, 9.17) is 22.1 Å². The number of thiophene rings is 1. The van der Waals surface area contributed by atoms with Gasteiger partial charge in [0.05, 0.1) is 17.7 Å². The second kappa shape index (κ2) is 9.73.